The normalized spacial score (nSPS) is 20.6. The number of hydrogen-bond donors (Lipinski definition) is 1. The zero-order valence-corrected chi connectivity index (χ0v) is 10.6. The van der Waals surface area contributed by atoms with Crippen molar-refractivity contribution in [1.29, 1.82) is 5.26 Å². The molecule has 92 valence electrons. The van der Waals surface area contributed by atoms with Gasteiger partial charge in [0, 0.05) is 12.6 Å². The zero-order chi connectivity index (χ0) is 12.2. The Morgan fingerprint density at radius 1 is 1.50 bits per heavy atom. The molecule has 1 fully saturated rings. The minimum Gasteiger partial charge on any atom is -0.317 e. The summed E-state index contributed by atoms with van der Waals surface area (Å²) in [5.74, 6) is 0. The Morgan fingerprint density at radius 2 is 2.06 bits per heavy atom. The van der Waals surface area contributed by atoms with Gasteiger partial charge >= 0.3 is 0 Å². The smallest absolute Gasteiger partial charge is 0.230 e. The minimum absolute atomic E-state index is 0.0482. The van der Waals surface area contributed by atoms with Crippen molar-refractivity contribution in [3.8, 4) is 6.07 Å². The lowest BCUT2D eigenvalue weighted by Gasteiger charge is -2.33. The van der Waals surface area contributed by atoms with Crippen LogP contribution in [0.15, 0.2) is 0 Å². The van der Waals surface area contributed by atoms with Crippen LogP contribution in [-0.2, 0) is 10.0 Å². The number of hydrogen-bond acceptors (Lipinski definition) is 4. The molecule has 1 heterocycles. The summed E-state index contributed by atoms with van der Waals surface area (Å²) in [4.78, 5) is 0. The maximum Gasteiger partial charge on any atom is 0.230 e. The van der Waals surface area contributed by atoms with E-state index in [1.807, 2.05) is 13.0 Å². The number of piperidine rings is 1. The largest absolute Gasteiger partial charge is 0.317 e. The molecule has 1 N–H and O–H groups in total. The van der Waals surface area contributed by atoms with Crippen LogP contribution in [0.1, 0.15) is 26.7 Å². The van der Waals surface area contributed by atoms with Gasteiger partial charge in [-0.3, -0.25) is 0 Å². The zero-order valence-electron chi connectivity index (χ0n) is 9.81. The van der Waals surface area contributed by atoms with E-state index in [9.17, 15) is 8.42 Å². The maximum absolute atomic E-state index is 12.1. The first-order valence-electron chi connectivity index (χ1n) is 5.65. The van der Waals surface area contributed by atoms with Crippen LogP contribution >= 0.6 is 0 Å². The average Bonchev–Trinajstić information content (AvgIpc) is 2.30. The topological polar surface area (TPSA) is 73.2 Å². The molecule has 1 aliphatic heterocycles. The van der Waals surface area contributed by atoms with Gasteiger partial charge in [0.05, 0.1) is 6.07 Å². The summed E-state index contributed by atoms with van der Waals surface area (Å²) in [6, 6.07) is 1.86. The van der Waals surface area contributed by atoms with E-state index in [1.54, 1.807) is 0 Å². The summed E-state index contributed by atoms with van der Waals surface area (Å²) >= 11 is 0. The molecule has 0 aliphatic carbocycles. The summed E-state index contributed by atoms with van der Waals surface area (Å²) < 4.78 is 25.6. The highest BCUT2D eigenvalue weighted by atomic mass is 32.2. The first-order chi connectivity index (χ1) is 7.54. The van der Waals surface area contributed by atoms with Crippen LogP contribution in [0.25, 0.3) is 0 Å². The quantitative estimate of drug-likeness (QED) is 0.773. The summed E-state index contributed by atoms with van der Waals surface area (Å²) in [6.45, 7) is 5.40. The van der Waals surface area contributed by atoms with Crippen LogP contribution in [0.5, 0.6) is 0 Å². The standard InChI is InChI=1S/C10H19N3O2S/c1-3-13(10-4-6-12-7-5-10)16(14,15)9(2)8-11/h9-10,12H,3-7H2,1-2H3. The Labute approximate surface area is 97.5 Å². The molecule has 0 radical (unpaired) electrons. The van der Waals surface area contributed by atoms with Crippen LogP contribution in [-0.4, -0.2) is 43.6 Å². The van der Waals surface area contributed by atoms with Gasteiger partial charge in [-0.25, -0.2) is 8.42 Å². The van der Waals surface area contributed by atoms with Gasteiger partial charge in [-0.2, -0.15) is 9.57 Å². The Morgan fingerprint density at radius 3 is 2.50 bits per heavy atom. The lowest BCUT2D eigenvalue weighted by Crippen LogP contribution is -2.48. The van der Waals surface area contributed by atoms with Crippen molar-refractivity contribution >= 4 is 10.0 Å². The van der Waals surface area contributed by atoms with E-state index in [0.29, 0.717) is 6.54 Å². The van der Waals surface area contributed by atoms with Crippen molar-refractivity contribution < 1.29 is 8.42 Å². The van der Waals surface area contributed by atoms with Gasteiger partial charge in [0.25, 0.3) is 0 Å². The van der Waals surface area contributed by atoms with E-state index in [2.05, 4.69) is 5.32 Å². The fraction of sp³-hybridized carbons (Fsp3) is 0.900. The lowest BCUT2D eigenvalue weighted by molar-refractivity contribution is 0.270. The van der Waals surface area contributed by atoms with Gasteiger partial charge in [0.15, 0.2) is 5.25 Å². The third kappa shape index (κ3) is 2.73. The lowest BCUT2D eigenvalue weighted by atomic mass is 10.1. The van der Waals surface area contributed by atoms with Gasteiger partial charge in [-0.15, -0.1) is 0 Å². The SMILES string of the molecule is CCN(C1CCNCC1)S(=O)(=O)C(C)C#N. The molecular formula is C10H19N3O2S. The second-order valence-corrected chi connectivity index (χ2v) is 6.21. The Bertz CT molecular complexity index is 355. The van der Waals surface area contributed by atoms with Crippen molar-refractivity contribution in [1.82, 2.24) is 9.62 Å². The van der Waals surface area contributed by atoms with Gasteiger partial charge < -0.3 is 5.32 Å². The molecule has 1 saturated heterocycles. The van der Waals surface area contributed by atoms with E-state index < -0.39 is 15.3 Å². The van der Waals surface area contributed by atoms with E-state index in [-0.39, 0.29) is 6.04 Å². The summed E-state index contributed by atoms with van der Waals surface area (Å²) in [6.07, 6.45) is 1.65. The number of nitrogens with one attached hydrogen (secondary N) is 1. The van der Waals surface area contributed by atoms with Gasteiger partial charge in [-0.1, -0.05) is 6.92 Å². The molecule has 0 saturated carbocycles. The van der Waals surface area contributed by atoms with Crippen LogP contribution in [0.2, 0.25) is 0 Å². The van der Waals surface area contributed by atoms with Gasteiger partial charge in [0.2, 0.25) is 10.0 Å². The molecule has 1 rings (SSSR count). The van der Waals surface area contributed by atoms with Crippen LogP contribution < -0.4 is 5.32 Å². The predicted molar refractivity (Wildman–Crippen MR) is 62.3 cm³/mol. The van der Waals surface area contributed by atoms with Crippen molar-refractivity contribution in [2.24, 2.45) is 0 Å². The van der Waals surface area contributed by atoms with Gasteiger partial charge in [-0.05, 0) is 32.9 Å². The van der Waals surface area contributed by atoms with E-state index in [1.165, 1.54) is 11.2 Å². The number of nitrogens with zero attached hydrogens (tertiary/aromatic N) is 2. The van der Waals surface area contributed by atoms with E-state index >= 15 is 0 Å². The summed E-state index contributed by atoms with van der Waals surface area (Å²) in [7, 11) is -3.46. The van der Waals surface area contributed by atoms with E-state index in [0.717, 1.165) is 25.9 Å². The molecule has 1 atom stereocenters. The minimum atomic E-state index is -3.46. The highest BCUT2D eigenvalue weighted by Gasteiger charge is 2.33. The molecule has 1 aliphatic rings. The second kappa shape index (κ2) is 5.62. The molecule has 0 bridgehead atoms. The fourth-order valence-corrected chi connectivity index (χ4v) is 3.54. The summed E-state index contributed by atoms with van der Waals surface area (Å²) in [5, 5.41) is 11.0. The molecule has 0 aromatic rings. The number of sulfonamides is 1. The van der Waals surface area contributed by atoms with Crippen LogP contribution in [0.4, 0.5) is 0 Å². The molecule has 16 heavy (non-hydrogen) atoms. The molecule has 0 aromatic heterocycles. The Balaban J connectivity index is 2.85. The molecule has 6 heteroatoms. The summed E-state index contributed by atoms with van der Waals surface area (Å²) in [5.41, 5.74) is 0. The highest BCUT2D eigenvalue weighted by molar-refractivity contribution is 7.90. The molecule has 0 spiro atoms. The maximum atomic E-state index is 12.1. The third-order valence-electron chi connectivity index (χ3n) is 2.98. The van der Waals surface area contributed by atoms with Crippen LogP contribution in [0, 0.1) is 11.3 Å². The molecular weight excluding hydrogens is 226 g/mol. The number of rotatable bonds is 4. The molecule has 0 amide bonds. The van der Waals surface area contributed by atoms with Crippen molar-refractivity contribution in [2.75, 3.05) is 19.6 Å². The monoisotopic (exact) mass is 245 g/mol. The van der Waals surface area contributed by atoms with E-state index in [4.69, 9.17) is 5.26 Å². The molecule has 5 nitrogen and oxygen atoms in total. The van der Waals surface area contributed by atoms with Crippen molar-refractivity contribution in [2.45, 2.75) is 38.0 Å². The molecule has 1 unspecified atom stereocenters. The first-order valence-corrected chi connectivity index (χ1v) is 7.15. The Hall–Kier alpha value is -0.640. The average molecular weight is 245 g/mol. The molecule has 0 aromatic carbocycles. The third-order valence-corrected chi connectivity index (χ3v) is 5.19. The van der Waals surface area contributed by atoms with Crippen molar-refractivity contribution in [3.63, 3.8) is 0 Å². The van der Waals surface area contributed by atoms with Crippen molar-refractivity contribution in [3.05, 3.63) is 0 Å². The predicted octanol–water partition coefficient (Wildman–Crippen LogP) is 0.302. The van der Waals surface area contributed by atoms with Gasteiger partial charge in [0.1, 0.15) is 0 Å². The number of nitriles is 1. The highest BCUT2D eigenvalue weighted by Crippen LogP contribution is 2.18. The fourth-order valence-electron chi connectivity index (χ4n) is 2.01. The first kappa shape index (κ1) is 13.4. The second-order valence-electron chi connectivity index (χ2n) is 4.00. The Kier molecular flexibility index (Phi) is 4.71. The van der Waals surface area contributed by atoms with Crippen LogP contribution in [0.3, 0.4) is 0 Å².